The first-order valence-electron chi connectivity index (χ1n) is 4.63. The van der Waals surface area contributed by atoms with E-state index in [-0.39, 0.29) is 16.3 Å². The number of aromatic hydroxyl groups is 1. The molecule has 0 bridgehead atoms. The molecular weight excluding hydrogens is 243 g/mol. The third-order valence-electron chi connectivity index (χ3n) is 2.72. The van der Waals surface area contributed by atoms with E-state index in [9.17, 15) is 18.3 Å². The van der Waals surface area contributed by atoms with E-state index in [1.807, 2.05) is 0 Å². The van der Waals surface area contributed by atoms with Crippen LogP contribution in [0, 0.1) is 0 Å². The average Bonchev–Trinajstić information content (AvgIpc) is 2.87. The second kappa shape index (κ2) is 3.28. The van der Waals surface area contributed by atoms with Crippen LogP contribution in [0.5, 0.6) is 5.75 Å². The lowest BCUT2D eigenvalue weighted by atomic mass is 10.0. The van der Waals surface area contributed by atoms with Crippen LogP contribution in [0.2, 0.25) is 5.02 Å². The van der Waals surface area contributed by atoms with Gasteiger partial charge >= 0.3 is 6.18 Å². The highest BCUT2D eigenvalue weighted by Gasteiger charge is 2.44. The Bertz CT molecular complexity index is 440. The van der Waals surface area contributed by atoms with Crippen LogP contribution in [-0.2, 0) is 11.7 Å². The van der Waals surface area contributed by atoms with Crippen molar-refractivity contribution in [2.75, 3.05) is 0 Å². The van der Waals surface area contributed by atoms with Crippen molar-refractivity contribution in [3.8, 4) is 5.75 Å². The molecule has 16 heavy (non-hydrogen) atoms. The second-order valence-corrected chi connectivity index (χ2v) is 4.42. The number of benzene rings is 1. The molecule has 0 aromatic heterocycles. The minimum absolute atomic E-state index is 0.0762. The molecule has 0 aliphatic heterocycles. The van der Waals surface area contributed by atoms with Crippen LogP contribution in [0.4, 0.5) is 13.2 Å². The maximum Gasteiger partial charge on any atom is 0.416 e. The fourth-order valence-electron chi connectivity index (χ4n) is 1.55. The molecule has 1 aliphatic rings. The Kier molecular flexibility index (Phi) is 2.36. The number of nitrogens with two attached hydrogens (primary N) is 1. The first-order valence-corrected chi connectivity index (χ1v) is 5.01. The summed E-state index contributed by atoms with van der Waals surface area (Å²) in [5.41, 5.74) is 4.10. The molecule has 1 fully saturated rings. The summed E-state index contributed by atoms with van der Waals surface area (Å²) in [6.45, 7) is 0. The number of halogens is 4. The predicted octanol–water partition coefficient (Wildman–Crippen LogP) is 3.01. The number of phenols is 1. The van der Waals surface area contributed by atoms with E-state index in [0.29, 0.717) is 18.9 Å². The van der Waals surface area contributed by atoms with Crippen LogP contribution in [0.25, 0.3) is 0 Å². The van der Waals surface area contributed by atoms with Crippen molar-refractivity contribution >= 4 is 11.6 Å². The minimum Gasteiger partial charge on any atom is -0.506 e. The molecule has 2 rings (SSSR count). The Labute approximate surface area is 94.8 Å². The van der Waals surface area contributed by atoms with Gasteiger partial charge in [0.25, 0.3) is 0 Å². The van der Waals surface area contributed by atoms with Crippen LogP contribution in [-0.4, -0.2) is 5.11 Å². The van der Waals surface area contributed by atoms with Gasteiger partial charge in [-0.25, -0.2) is 0 Å². The maximum absolute atomic E-state index is 12.5. The summed E-state index contributed by atoms with van der Waals surface area (Å²) in [5, 5.41) is 9.27. The Morgan fingerprint density at radius 1 is 1.31 bits per heavy atom. The zero-order chi connectivity index (χ0) is 12.1. The molecule has 0 spiro atoms. The summed E-state index contributed by atoms with van der Waals surface area (Å²) >= 11 is 5.55. The van der Waals surface area contributed by atoms with Crippen molar-refractivity contribution in [3.63, 3.8) is 0 Å². The molecule has 2 nitrogen and oxygen atoms in total. The standard InChI is InChI=1S/C10H9ClF3NO/c11-7-4-5(10(12,13)14)3-6(8(7)16)9(15)1-2-9/h3-4,16H,1-2,15H2. The van der Waals surface area contributed by atoms with E-state index in [1.54, 1.807) is 0 Å². The zero-order valence-corrected chi connectivity index (χ0v) is 8.86. The highest BCUT2D eigenvalue weighted by molar-refractivity contribution is 6.32. The molecule has 1 saturated carbocycles. The quantitative estimate of drug-likeness (QED) is 0.806. The van der Waals surface area contributed by atoms with Crippen molar-refractivity contribution < 1.29 is 18.3 Å². The van der Waals surface area contributed by atoms with Gasteiger partial charge in [0, 0.05) is 11.1 Å². The molecule has 0 amide bonds. The van der Waals surface area contributed by atoms with E-state index in [4.69, 9.17) is 17.3 Å². The van der Waals surface area contributed by atoms with Gasteiger partial charge in [0.15, 0.2) is 0 Å². The summed E-state index contributed by atoms with van der Waals surface area (Å²) in [6, 6.07) is 1.57. The lowest BCUT2D eigenvalue weighted by molar-refractivity contribution is -0.137. The van der Waals surface area contributed by atoms with Gasteiger partial charge in [0.1, 0.15) is 5.75 Å². The van der Waals surface area contributed by atoms with Gasteiger partial charge in [-0.05, 0) is 25.0 Å². The van der Waals surface area contributed by atoms with Crippen molar-refractivity contribution in [3.05, 3.63) is 28.3 Å². The topological polar surface area (TPSA) is 46.2 Å². The maximum atomic E-state index is 12.5. The van der Waals surface area contributed by atoms with E-state index < -0.39 is 17.3 Å². The highest BCUT2D eigenvalue weighted by atomic mass is 35.5. The van der Waals surface area contributed by atoms with Crippen molar-refractivity contribution in [2.24, 2.45) is 5.73 Å². The van der Waals surface area contributed by atoms with Crippen LogP contribution in [0.1, 0.15) is 24.0 Å². The summed E-state index contributed by atoms with van der Waals surface area (Å²) in [7, 11) is 0. The Balaban J connectivity index is 2.57. The molecule has 0 unspecified atom stereocenters. The lowest BCUT2D eigenvalue weighted by Gasteiger charge is -2.16. The molecule has 0 heterocycles. The first-order chi connectivity index (χ1) is 7.24. The summed E-state index contributed by atoms with van der Waals surface area (Å²) in [6.07, 6.45) is -3.38. The molecule has 6 heteroatoms. The molecule has 1 aromatic rings. The van der Waals surface area contributed by atoms with E-state index >= 15 is 0 Å². The highest BCUT2D eigenvalue weighted by Crippen LogP contribution is 2.49. The van der Waals surface area contributed by atoms with E-state index in [0.717, 1.165) is 6.07 Å². The molecule has 88 valence electrons. The third-order valence-corrected chi connectivity index (χ3v) is 3.00. The number of hydrogen-bond acceptors (Lipinski definition) is 2. The van der Waals surface area contributed by atoms with Gasteiger partial charge in [0.05, 0.1) is 10.6 Å². The van der Waals surface area contributed by atoms with Gasteiger partial charge in [-0.1, -0.05) is 11.6 Å². The van der Waals surface area contributed by atoms with Gasteiger partial charge in [-0.3, -0.25) is 0 Å². The van der Waals surface area contributed by atoms with Crippen molar-refractivity contribution in [1.29, 1.82) is 0 Å². The number of alkyl halides is 3. The molecule has 3 N–H and O–H groups in total. The molecule has 1 aromatic carbocycles. The molecular formula is C10H9ClF3NO. The molecule has 0 atom stereocenters. The summed E-state index contributed by atoms with van der Waals surface area (Å²) in [5.74, 6) is -0.352. The third kappa shape index (κ3) is 1.85. The van der Waals surface area contributed by atoms with Crippen LogP contribution in [0.15, 0.2) is 12.1 Å². The summed E-state index contributed by atoms with van der Waals surface area (Å²) in [4.78, 5) is 0. The van der Waals surface area contributed by atoms with Crippen LogP contribution in [0.3, 0.4) is 0 Å². The summed E-state index contributed by atoms with van der Waals surface area (Å²) < 4.78 is 37.5. The monoisotopic (exact) mass is 251 g/mol. The first kappa shape index (κ1) is 11.5. The number of phenolic OH excluding ortho intramolecular Hbond substituents is 1. The Morgan fingerprint density at radius 2 is 1.88 bits per heavy atom. The van der Waals surface area contributed by atoms with Gasteiger partial charge in [0.2, 0.25) is 0 Å². The van der Waals surface area contributed by atoms with Crippen LogP contribution >= 0.6 is 11.6 Å². The van der Waals surface area contributed by atoms with Gasteiger partial charge < -0.3 is 10.8 Å². The minimum atomic E-state index is -4.49. The van der Waals surface area contributed by atoms with E-state index in [1.165, 1.54) is 0 Å². The fourth-order valence-corrected chi connectivity index (χ4v) is 1.77. The predicted molar refractivity (Wildman–Crippen MR) is 53.2 cm³/mol. The van der Waals surface area contributed by atoms with Crippen molar-refractivity contribution in [2.45, 2.75) is 24.6 Å². The molecule has 0 saturated heterocycles. The molecule has 0 radical (unpaired) electrons. The Hall–Kier alpha value is -0.940. The SMILES string of the molecule is NC1(c2cc(C(F)(F)F)cc(Cl)c2O)CC1. The number of rotatable bonds is 1. The Morgan fingerprint density at radius 3 is 2.31 bits per heavy atom. The average molecular weight is 252 g/mol. The van der Waals surface area contributed by atoms with E-state index in [2.05, 4.69) is 0 Å². The van der Waals surface area contributed by atoms with Gasteiger partial charge in [-0.15, -0.1) is 0 Å². The smallest absolute Gasteiger partial charge is 0.416 e. The molecule has 1 aliphatic carbocycles. The number of hydrogen-bond donors (Lipinski definition) is 2. The normalized spacial score (nSPS) is 18.6. The lowest BCUT2D eigenvalue weighted by Crippen LogP contribution is -2.20. The largest absolute Gasteiger partial charge is 0.506 e. The van der Waals surface area contributed by atoms with Crippen LogP contribution < -0.4 is 5.73 Å². The zero-order valence-electron chi connectivity index (χ0n) is 8.11. The van der Waals surface area contributed by atoms with Gasteiger partial charge in [-0.2, -0.15) is 13.2 Å². The second-order valence-electron chi connectivity index (χ2n) is 4.01. The fraction of sp³-hybridized carbons (Fsp3) is 0.400. The van der Waals surface area contributed by atoms with Crippen molar-refractivity contribution in [1.82, 2.24) is 0 Å².